The molecule has 5 aromatic rings. The quantitative estimate of drug-likeness (QED) is 0.177. The average molecular weight is 697 g/mol. The van der Waals surface area contributed by atoms with E-state index in [4.69, 9.17) is 11.6 Å². The molecular formula is C40H37ClO5S2. The number of carbonyl (C=O) groups excluding carboxylic acids is 1. The van der Waals surface area contributed by atoms with Crippen molar-refractivity contribution in [3.8, 4) is 0 Å². The Morgan fingerprint density at radius 1 is 0.604 bits per heavy atom. The molecule has 5 aromatic carbocycles. The fourth-order valence-electron chi connectivity index (χ4n) is 8.21. The van der Waals surface area contributed by atoms with Crippen molar-refractivity contribution < 1.29 is 21.6 Å². The van der Waals surface area contributed by atoms with Gasteiger partial charge in [-0.3, -0.25) is 4.79 Å². The number of sulfone groups is 2. The van der Waals surface area contributed by atoms with E-state index in [0.29, 0.717) is 5.02 Å². The molecule has 2 saturated carbocycles. The lowest BCUT2D eigenvalue weighted by Crippen LogP contribution is -2.53. The Morgan fingerprint density at radius 2 is 1.19 bits per heavy atom. The van der Waals surface area contributed by atoms with Gasteiger partial charge in [0.2, 0.25) is 0 Å². The van der Waals surface area contributed by atoms with Gasteiger partial charge in [0.15, 0.2) is 19.7 Å². The maximum atomic E-state index is 14.8. The van der Waals surface area contributed by atoms with Crippen LogP contribution in [0.4, 0.5) is 0 Å². The van der Waals surface area contributed by atoms with E-state index in [1.54, 1.807) is 60.7 Å². The topological polar surface area (TPSA) is 85.3 Å². The predicted octanol–water partition coefficient (Wildman–Crippen LogP) is 8.66. The van der Waals surface area contributed by atoms with Gasteiger partial charge >= 0.3 is 0 Å². The zero-order valence-electron chi connectivity index (χ0n) is 26.8. The molecule has 0 N–H and O–H groups in total. The SMILES string of the molecule is Cc1ccc(S(=O)(=O)C2CC3C(=O)CC(c4ccc(Cl)cc4)C(S(=O)(=O)c4ccc(C)cc4)C3CC2c2cccc3ccccc23)cc1. The van der Waals surface area contributed by atoms with Crippen LogP contribution in [0.3, 0.4) is 0 Å². The van der Waals surface area contributed by atoms with Gasteiger partial charge in [-0.05, 0) is 90.9 Å². The van der Waals surface area contributed by atoms with Gasteiger partial charge in [0.05, 0.1) is 20.3 Å². The molecule has 0 heterocycles. The summed E-state index contributed by atoms with van der Waals surface area (Å²) in [5.74, 6) is -2.57. The lowest BCUT2D eigenvalue weighted by atomic mass is 9.61. The first-order valence-electron chi connectivity index (χ1n) is 16.3. The lowest BCUT2D eigenvalue weighted by molar-refractivity contribution is -0.128. The molecule has 2 fully saturated rings. The zero-order valence-corrected chi connectivity index (χ0v) is 29.2. The van der Waals surface area contributed by atoms with Crippen LogP contribution in [0.1, 0.15) is 53.4 Å². The summed E-state index contributed by atoms with van der Waals surface area (Å²) in [5, 5.41) is 0.582. The highest BCUT2D eigenvalue weighted by molar-refractivity contribution is 7.92. The van der Waals surface area contributed by atoms with Gasteiger partial charge in [0.1, 0.15) is 5.78 Å². The Morgan fingerprint density at radius 3 is 1.83 bits per heavy atom. The molecule has 2 aliphatic carbocycles. The molecule has 48 heavy (non-hydrogen) atoms. The van der Waals surface area contributed by atoms with Crippen LogP contribution in [0, 0.1) is 25.7 Å². The number of carbonyl (C=O) groups is 1. The fourth-order valence-corrected chi connectivity index (χ4v) is 12.6. The van der Waals surface area contributed by atoms with E-state index in [9.17, 15) is 21.6 Å². The monoisotopic (exact) mass is 696 g/mol. The van der Waals surface area contributed by atoms with Gasteiger partial charge in [0.25, 0.3) is 0 Å². The molecule has 0 aliphatic heterocycles. The third-order valence-corrected chi connectivity index (χ3v) is 15.4. The molecule has 7 rings (SSSR count). The number of hydrogen-bond acceptors (Lipinski definition) is 5. The molecule has 5 nitrogen and oxygen atoms in total. The molecule has 2 aliphatic rings. The Balaban J connectivity index is 1.42. The van der Waals surface area contributed by atoms with Crippen molar-refractivity contribution in [1.82, 2.24) is 0 Å². The molecule has 0 bridgehead atoms. The molecule has 0 spiro atoms. The van der Waals surface area contributed by atoms with Crippen LogP contribution < -0.4 is 0 Å². The smallest absolute Gasteiger partial charge is 0.182 e. The summed E-state index contributed by atoms with van der Waals surface area (Å²) in [4.78, 5) is 14.7. The van der Waals surface area contributed by atoms with Crippen molar-refractivity contribution in [3.05, 3.63) is 143 Å². The largest absolute Gasteiger partial charge is 0.299 e. The Labute approximate surface area is 287 Å². The van der Waals surface area contributed by atoms with Crippen molar-refractivity contribution in [1.29, 1.82) is 0 Å². The Bertz CT molecular complexity index is 2210. The number of Topliss-reactive ketones (excluding diaryl/α,β-unsaturated/α-hetero) is 1. The minimum atomic E-state index is -3.97. The third-order valence-electron chi connectivity index (χ3n) is 10.6. The number of benzene rings is 5. The fraction of sp³-hybridized carbons (Fsp3) is 0.275. The van der Waals surface area contributed by atoms with Crippen molar-refractivity contribution in [3.63, 3.8) is 0 Å². The van der Waals surface area contributed by atoms with Gasteiger partial charge in [-0.2, -0.15) is 0 Å². The van der Waals surface area contributed by atoms with Crippen LogP contribution in [0.15, 0.2) is 125 Å². The first-order valence-corrected chi connectivity index (χ1v) is 19.8. The number of ketones is 1. The first kappa shape index (κ1) is 32.8. The normalized spacial score (nSPS) is 24.7. The number of fused-ring (bicyclic) bond motifs is 2. The van der Waals surface area contributed by atoms with Crippen molar-refractivity contribution in [2.45, 2.75) is 65.2 Å². The molecule has 0 amide bonds. The van der Waals surface area contributed by atoms with E-state index in [1.165, 1.54) is 0 Å². The minimum Gasteiger partial charge on any atom is -0.299 e. The van der Waals surface area contributed by atoms with Gasteiger partial charge in [0, 0.05) is 29.2 Å². The Kier molecular flexibility index (Phi) is 8.59. The third kappa shape index (κ3) is 5.80. The van der Waals surface area contributed by atoms with Crippen LogP contribution in [0.5, 0.6) is 0 Å². The summed E-state index contributed by atoms with van der Waals surface area (Å²) in [6, 6.07) is 34.6. The molecule has 0 aromatic heterocycles. The van der Waals surface area contributed by atoms with Crippen LogP contribution >= 0.6 is 11.6 Å². The van der Waals surface area contributed by atoms with Crippen LogP contribution in [-0.2, 0) is 24.5 Å². The van der Waals surface area contributed by atoms with E-state index in [-0.39, 0.29) is 34.8 Å². The summed E-state index contributed by atoms with van der Waals surface area (Å²) < 4.78 is 58.9. The van der Waals surface area contributed by atoms with Crippen LogP contribution in [0.25, 0.3) is 10.8 Å². The summed E-state index contributed by atoms with van der Waals surface area (Å²) in [6.45, 7) is 3.82. The van der Waals surface area contributed by atoms with E-state index in [1.807, 2.05) is 68.4 Å². The van der Waals surface area contributed by atoms with Crippen molar-refractivity contribution >= 4 is 47.8 Å². The van der Waals surface area contributed by atoms with Gasteiger partial charge in [-0.15, -0.1) is 0 Å². The first-order chi connectivity index (χ1) is 22.9. The van der Waals surface area contributed by atoms with E-state index >= 15 is 0 Å². The van der Waals surface area contributed by atoms with Crippen LogP contribution in [0.2, 0.25) is 5.02 Å². The second-order valence-electron chi connectivity index (χ2n) is 13.5. The summed E-state index contributed by atoms with van der Waals surface area (Å²) >= 11 is 6.24. The molecule has 246 valence electrons. The standard InChI is InChI=1S/C40H37ClO5S2/c1-25-10-18-30(19-11-25)47(43,44)39-24-35-37(22-36(39)33-9-5-7-27-6-3-4-8-32(27)33)40(48(45,46)31-20-12-26(2)13-21-31)34(23-38(35)42)28-14-16-29(41)17-15-28/h3-21,34-37,39-40H,22-24H2,1-2H3. The van der Waals surface area contributed by atoms with Gasteiger partial charge < -0.3 is 0 Å². The van der Waals surface area contributed by atoms with Crippen molar-refractivity contribution in [2.24, 2.45) is 11.8 Å². The molecule has 0 saturated heterocycles. The maximum Gasteiger partial charge on any atom is 0.182 e. The number of aryl methyl sites for hydroxylation is 2. The molecule has 8 heteroatoms. The predicted molar refractivity (Wildman–Crippen MR) is 191 cm³/mol. The second kappa shape index (κ2) is 12.6. The average Bonchev–Trinajstić information content (AvgIpc) is 3.08. The zero-order chi connectivity index (χ0) is 33.8. The number of halogens is 1. The van der Waals surface area contributed by atoms with Crippen LogP contribution in [-0.4, -0.2) is 33.1 Å². The van der Waals surface area contributed by atoms with E-state index < -0.39 is 53.8 Å². The highest BCUT2D eigenvalue weighted by Gasteiger charge is 2.56. The van der Waals surface area contributed by atoms with Gasteiger partial charge in [-0.1, -0.05) is 102 Å². The van der Waals surface area contributed by atoms with Gasteiger partial charge in [-0.25, -0.2) is 16.8 Å². The Hall–Kier alpha value is -3.78. The second-order valence-corrected chi connectivity index (χ2v) is 18.2. The molecular weight excluding hydrogens is 660 g/mol. The summed E-state index contributed by atoms with van der Waals surface area (Å²) in [6.07, 6.45) is 0.301. The highest BCUT2D eigenvalue weighted by atomic mass is 35.5. The van der Waals surface area contributed by atoms with Crippen molar-refractivity contribution in [2.75, 3.05) is 0 Å². The minimum absolute atomic E-state index is 0.00872. The van der Waals surface area contributed by atoms with E-state index in [2.05, 4.69) is 0 Å². The molecule has 0 radical (unpaired) electrons. The molecule has 6 unspecified atom stereocenters. The lowest BCUT2D eigenvalue weighted by Gasteiger charge is -2.48. The summed E-state index contributed by atoms with van der Waals surface area (Å²) in [7, 11) is -7.89. The number of rotatable bonds is 6. The highest BCUT2D eigenvalue weighted by Crippen LogP contribution is 2.54. The number of hydrogen-bond donors (Lipinski definition) is 0. The maximum absolute atomic E-state index is 14.8. The van der Waals surface area contributed by atoms with E-state index in [0.717, 1.165) is 33.0 Å². The summed E-state index contributed by atoms with van der Waals surface area (Å²) in [5.41, 5.74) is 3.49. The molecule has 6 atom stereocenters.